The van der Waals surface area contributed by atoms with Crippen LogP contribution >= 0.6 is 0 Å². The Morgan fingerprint density at radius 1 is 0.963 bits per heavy atom. The van der Waals surface area contributed by atoms with Crippen molar-refractivity contribution < 1.29 is 23.1 Å². The second-order valence-electron chi connectivity index (χ2n) is 9.06. The Kier molecular flexibility index (Phi) is 4.13. The minimum absolute atomic E-state index is 0.0220. The average Bonchev–Trinajstić information content (AvgIpc) is 3.46. The summed E-state index contributed by atoms with van der Waals surface area (Å²) in [6, 6.07) is 6.31. The van der Waals surface area contributed by atoms with Crippen LogP contribution in [0.4, 0.5) is 0 Å². The SMILES string of the molecule is O=C(O)C(OC1C2CC3CC(C2)CC1C3)c1ccc(S(=O)(=O)C2CC2)cc1. The van der Waals surface area contributed by atoms with Crippen molar-refractivity contribution in [3.05, 3.63) is 29.8 Å². The fraction of sp³-hybridized carbons (Fsp3) is 0.667. The van der Waals surface area contributed by atoms with E-state index in [0.29, 0.717) is 17.4 Å². The zero-order chi connectivity index (χ0) is 18.8. The molecule has 5 fully saturated rings. The first-order valence-corrected chi connectivity index (χ1v) is 11.7. The van der Waals surface area contributed by atoms with Gasteiger partial charge in [0.2, 0.25) is 0 Å². The van der Waals surface area contributed by atoms with Crippen LogP contribution in [0.15, 0.2) is 29.2 Å². The van der Waals surface area contributed by atoms with Crippen LogP contribution in [0.5, 0.6) is 0 Å². The lowest BCUT2D eigenvalue weighted by atomic mass is 9.55. The fourth-order valence-corrected chi connectivity index (χ4v) is 7.59. The van der Waals surface area contributed by atoms with Gasteiger partial charge in [0.15, 0.2) is 15.9 Å². The molecule has 5 saturated carbocycles. The molecule has 5 nitrogen and oxygen atoms in total. The van der Waals surface area contributed by atoms with Crippen LogP contribution in [0.3, 0.4) is 0 Å². The van der Waals surface area contributed by atoms with Crippen LogP contribution in [-0.4, -0.2) is 30.8 Å². The molecule has 4 bridgehead atoms. The fourth-order valence-electron chi connectivity index (χ4n) is 5.94. The summed E-state index contributed by atoms with van der Waals surface area (Å²) in [6.07, 6.45) is 6.46. The van der Waals surface area contributed by atoms with Gasteiger partial charge in [0.25, 0.3) is 0 Å². The Balaban J connectivity index is 1.36. The van der Waals surface area contributed by atoms with Crippen molar-refractivity contribution in [1.82, 2.24) is 0 Å². The second kappa shape index (κ2) is 6.31. The molecular formula is C21H26O5S. The van der Waals surface area contributed by atoms with Gasteiger partial charge in [-0.3, -0.25) is 0 Å². The first-order chi connectivity index (χ1) is 12.9. The molecule has 6 rings (SSSR count). The molecule has 5 aliphatic carbocycles. The Morgan fingerprint density at radius 3 is 2.00 bits per heavy atom. The molecule has 0 aromatic heterocycles. The lowest BCUT2D eigenvalue weighted by Gasteiger charge is -2.54. The predicted molar refractivity (Wildman–Crippen MR) is 98.9 cm³/mol. The molecule has 1 aromatic rings. The Morgan fingerprint density at radius 2 is 1.52 bits per heavy atom. The summed E-state index contributed by atoms with van der Waals surface area (Å²) in [5, 5.41) is 9.50. The molecule has 27 heavy (non-hydrogen) atoms. The Bertz CT molecular complexity index is 812. The molecule has 146 valence electrons. The third kappa shape index (κ3) is 3.11. The van der Waals surface area contributed by atoms with Crippen LogP contribution in [0.25, 0.3) is 0 Å². The molecule has 0 saturated heterocycles. The minimum Gasteiger partial charge on any atom is -0.479 e. The molecule has 0 radical (unpaired) electrons. The summed E-state index contributed by atoms with van der Waals surface area (Å²) < 4.78 is 30.9. The van der Waals surface area contributed by atoms with Crippen molar-refractivity contribution >= 4 is 15.8 Å². The van der Waals surface area contributed by atoms with Gasteiger partial charge < -0.3 is 9.84 Å². The molecule has 6 heteroatoms. The molecule has 0 heterocycles. The molecule has 0 aliphatic heterocycles. The quantitative estimate of drug-likeness (QED) is 0.803. The first kappa shape index (κ1) is 17.7. The maximum Gasteiger partial charge on any atom is 0.337 e. The highest BCUT2D eigenvalue weighted by atomic mass is 32.2. The summed E-state index contributed by atoms with van der Waals surface area (Å²) in [7, 11) is -3.26. The van der Waals surface area contributed by atoms with E-state index in [0.717, 1.165) is 24.7 Å². The largest absolute Gasteiger partial charge is 0.479 e. The van der Waals surface area contributed by atoms with Crippen LogP contribution in [0.2, 0.25) is 0 Å². The van der Waals surface area contributed by atoms with E-state index in [-0.39, 0.29) is 16.2 Å². The summed E-state index contributed by atoms with van der Waals surface area (Å²) in [4.78, 5) is 12.2. The van der Waals surface area contributed by atoms with E-state index in [9.17, 15) is 18.3 Å². The van der Waals surface area contributed by atoms with E-state index in [1.54, 1.807) is 24.3 Å². The number of hydrogen-bond donors (Lipinski definition) is 1. The second-order valence-corrected chi connectivity index (χ2v) is 11.3. The van der Waals surface area contributed by atoms with Gasteiger partial charge in [-0.05, 0) is 86.3 Å². The van der Waals surface area contributed by atoms with E-state index in [1.807, 2.05) is 0 Å². The van der Waals surface area contributed by atoms with Crippen molar-refractivity contribution in [2.24, 2.45) is 23.7 Å². The van der Waals surface area contributed by atoms with Crippen molar-refractivity contribution in [1.29, 1.82) is 0 Å². The van der Waals surface area contributed by atoms with Gasteiger partial charge in [-0.2, -0.15) is 0 Å². The molecule has 1 atom stereocenters. The van der Waals surface area contributed by atoms with Crippen molar-refractivity contribution in [2.75, 3.05) is 0 Å². The van der Waals surface area contributed by atoms with E-state index >= 15 is 0 Å². The van der Waals surface area contributed by atoms with Gasteiger partial charge in [0.05, 0.1) is 16.2 Å². The number of hydrogen-bond acceptors (Lipinski definition) is 4. The number of rotatable bonds is 6. The molecule has 0 spiro atoms. The number of carboxylic acids is 1. The predicted octanol–water partition coefficient (Wildman–Crippen LogP) is 3.59. The lowest BCUT2D eigenvalue weighted by Crippen LogP contribution is -2.50. The van der Waals surface area contributed by atoms with Gasteiger partial charge >= 0.3 is 5.97 Å². The smallest absolute Gasteiger partial charge is 0.337 e. The molecule has 5 aliphatic rings. The Hall–Kier alpha value is -1.40. The van der Waals surface area contributed by atoms with Gasteiger partial charge in [-0.15, -0.1) is 0 Å². The summed E-state index contributed by atoms with van der Waals surface area (Å²) in [5.41, 5.74) is 0.533. The maximum absolute atomic E-state index is 12.3. The summed E-state index contributed by atoms with van der Waals surface area (Å²) in [5.74, 6) is 1.59. The minimum atomic E-state index is -3.26. The standard InChI is InChI=1S/C21H26O5S/c22-21(23)20(14-1-3-17(4-2-14)27(24,25)18-5-6-18)26-19-15-8-12-7-13(10-15)11-16(19)9-12/h1-4,12-13,15-16,18-20H,5-11H2,(H,22,23). The number of aliphatic carboxylic acids is 1. The van der Waals surface area contributed by atoms with Gasteiger partial charge in [-0.1, -0.05) is 12.1 Å². The van der Waals surface area contributed by atoms with E-state index in [1.165, 1.54) is 32.1 Å². The van der Waals surface area contributed by atoms with Crippen molar-refractivity contribution in [3.8, 4) is 0 Å². The van der Waals surface area contributed by atoms with Crippen LogP contribution in [0, 0.1) is 23.7 Å². The molecule has 1 unspecified atom stereocenters. The van der Waals surface area contributed by atoms with Gasteiger partial charge in [0, 0.05) is 0 Å². The van der Waals surface area contributed by atoms with Crippen molar-refractivity contribution in [3.63, 3.8) is 0 Å². The number of ether oxygens (including phenoxy) is 1. The van der Waals surface area contributed by atoms with Gasteiger partial charge in [-0.25, -0.2) is 13.2 Å². The van der Waals surface area contributed by atoms with Crippen LogP contribution in [-0.2, 0) is 19.4 Å². The normalized spacial score (nSPS) is 35.9. The number of carbonyl (C=O) groups is 1. The lowest BCUT2D eigenvalue weighted by molar-refractivity contribution is -0.178. The van der Waals surface area contributed by atoms with E-state index in [2.05, 4.69) is 0 Å². The Labute approximate surface area is 160 Å². The van der Waals surface area contributed by atoms with Gasteiger partial charge in [0.1, 0.15) is 0 Å². The van der Waals surface area contributed by atoms with Crippen molar-refractivity contribution in [2.45, 2.75) is 67.3 Å². The topological polar surface area (TPSA) is 80.7 Å². The van der Waals surface area contributed by atoms with E-state index in [4.69, 9.17) is 4.74 Å². The summed E-state index contributed by atoms with van der Waals surface area (Å²) in [6.45, 7) is 0. The first-order valence-electron chi connectivity index (χ1n) is 10.1. The molecule has 1 N–H and O–H groups in total. The third-order valence-corrected chi connectivity index (χ3v) is 9.41. The maximum atomic E-state index is 12.3. The third-order valence-electron chi connectivity index (χ3n) is 7.13. The molecular weight excluding hydrogens is 364 g/mol. The monoisotopic (exact) mass is 390 g/mol. The van der Waals surface area contributed by atoms with E-state index < -0.39 is 21.9 Å². The zero-order valence-electron chi connectivity index (χ0n) is 15.3. The number of carboxylic acid groups (broad SMARTS) is 1. The highest BCUT2D eigenvalue weighted by molar-refractivity contribution is 7.92. The van der Waals surface area contributed by atoms with Crippen LogP contribution in [0.1, 0.15) is 56.6 Å². The highest BCUT2D eigenvalue weighted by Crippen LogP contribution is 2.55. The summed E-state index contributed by atoms with van der Waals surface area (Å²) >= 11 is 0. The zero-order valence-corrected chi connectivity index (χ0v) is 16.1. The molecule has 1 aromatic carbocycles. The molecule has 0 amide bonds. The highest BCUT2D eigenvalue weighted by Gasteiger charge is 2.50. The number of sulfone groups is 1. The average molecular weight is 391 g/mol. The van der Waals surface area contributed by atoms with Crippen LogP contribution < -0.4 is 0 Å². The number of benzene rings is 1.